The Morgan fingerprint density at radius 1 is 1.00 bits per heavy atom. The van der Waals surface area contributed by atoms with Gasteiger partial charge in [-0.25, -0.2) is 4.79 Å². The van der Waals surface area contributed by atoms with Gasteiger partial charge in [0.05, 0.1) is 18.4 Å². The van der Waals surface area contributed by atoms with Gasteiger partial charge in [-0.15, -0.1) is 0 Å². The smallest absolute Gasteiger partial charge is 0.339 e. The number of hydrogen-bond acceptors (Lipinski definition) is 3. The summed E-state index contributed by atoms with van der Waals surface area (Å²) in [4.78, 5) is 23.0. The van der Waals surface area contributed by atoms with Gasteiger partial charge in [0.2, 0.25) is 5.91 Å². The molecule has 0 aliphatic rings. The van der Waals surface area contributed by atoms with E-state index in [1.54, 1.807) is 12.1 Å². The molecule has 0 radical (unpaired) electrons. The van der Waals surface area contributed by atoms with E-state index in [0.29, 0.717) is 11.3 Å². The Morgan fingerprint density at radius 2 is 1.68 bits per heavy atom. The van der Waals surface area contributed by atoms with E-state index in [9.17, 15) is 9.59 Å². The average molecular weight is 295 g/mol. The number of esters is 1. The van der Waals surface area contributed by atoms with E-state index in [0.717, 1.165) is 11.1 Å². The van der Waals surface area contributed by atoms with Gasteiger partial charge in [0, 0.05) is 6.92 Å². The molecule has 2 aromatic rings. The molecule has 4 heteroatoms. The molecule has 0 saturated heterocycles. The van der Waals surface area contributed by atoms with Crippen molar-refractivity contribution in [3.63, 3.8) is 0 Å². The number of rotatable bonds is 4. The molecule has 0 fully saturated rings. The van der Waals surface area contributed by atoms with E-state index in [4.69, 9.17) is 4.74 Å². The number of benzene rings is 2. The first kappa shape index (κ1) is 15.5. The minimum atomic E-state index is -0.487. The van der Waals surface area contributed by atoms with Crippen molar-refractivity contribution in [1.82, 2.24) is 0 Å². The van der Waals surface area contributed by atoms with Gasteiger partial charge in [0.25, 0.3) is 0 Å². The van der Waals surface area contributed by atoms with E-state index >= 15 is 0 Å². The molecule has 0 bridgehead atoms. The average Bonchev–Trinajstić information content (AvgIpc) is 2.53. The van der Waals surface area contributed by atoms with Crippen LogP contribution in [0.15, 0.2) is 48.5 Å². The lowest BCUT2D eigenvalue weighted by Crippen LogP contribution is -2.12. The predicted molar refractivity (Wildman–Crippen MR) is 87.5 cm³/mol. The van der Waals surface area contributed by atoms with Crippen molar-refractivity contribution >= 4 is 29.7 Å². The number of carbonyl (C=O) groups excluding carboxylic acids is 2. The van der Waals surface area contributed by atoms with Gasteiger partial charge < -0.3 is 10.1 Å². The zero-order valence-corrected chi connectivity index (χ0v) is 12.5. The van der Waals surface area contributed by atoms with Crippen LogP contribution >= 0.6 is 0 Å². The largest absolute Gasteiger partial charge is 0.465 e. The molecular formula is C18H17NO3. The molecule has 22 heavy (non-hydrogen) atoms. The number of ether oxygens (including phenoxy) is 1. The van der Waals surface area contributed by atoms with Gasteiger partial charge in [0.15, 0.2) is 0 Å². The van der Waals surface area contributed by atoms with Crippen molar-refractivity contribution in [1.29, 1.82) is 0 Å². The molecule has 0 saturated carbocycles. The van der Waals surface area contributed by atoms with Crippen LogP contribution in [0.1, 0.15) is 28.4 Å². The summed E-state index contributed by atoms with van der Waals surface area (Å²) in [5, 5.41) is 2.63. The van der Waals surface area contributed by atoms with Gasteiger partial charge in [-0.1, -0.05) is 48.6 Å². The molecule has 2 rings (SSSR count). The van der Waals surface area contributed by atoms with Crippen molar-refractivity contribution < 1.29 is 14.3 Å². The molecule has 0 spiro atoms. The van der Waals surface area contributed by atoms with Gasteiger partial charge in [-0.05, 0) is 23.3 Å². The quantitative estimate of drug-likeness (QED) is 0.692. The van der Waals surface area contributed by atoms with Crippen LogP contribution in [0.5, 0.6) is 0 Å². The Hall–Kier alpha value is -2.88. The lowest BCUT2D eigenvalue weighted by molar-refractivity contribution is -0.114. The van der Waals surface area contributed by atoms with E-state index < -0.39 is 5.97 Å². The maximum absolute atomic E-state index is 11.8. The molecule has 0 aromatic heterocycles. The number of methoxy groups -OCH3 is 1. The highest BCUT2D eigenvalue weighted by Crippen LogP contribution is 2.20. The number of nitrogens with one attached hydrogen (secondary N) is 1. The summed E-state index contributed by atoms with van der Waals surface area (Å²) in [5.74, 6) is -0.726. The molecule has 1 amide bonds. The second kappa shape index (κ2) is 7.22. The lowest BCUT2D eigenvalue weighted by atomic mass is 10.1. The molecule has 0 aliphatic heterocycles. The first-order valence-electron chi connectivity index (χ1n) is 6.83. The fourth-order valence-corrected chi connectivity index (χ4v) is 2.00. The SMILES string of the molecule is COC(=O)c1cc(/C=C/c2ccccc2)ccc1NC(C)=O. The van der Waals surface area contributed by atoms with Crippen LogP contribution in [-0.2, 0) is 9.53 Å². The zero-order chi connectivity index (χ0) is 15.9. The van der Waals surface area contributed by atoms with Crippen LogP contribution in [0.2, 0.25) is 0 Å². The second-order valence-electron chi connectivity index (χ2n) is 4.72. The molecule has 4 nitrogen and oxygen atoms in total. The van der Waals surface area contributed by atoms with Crippen molar-refractivity contribution in [3.8, 4) is 0 Å². The van der Waals surface area contributed by atoms with Crippen molar-refractivity contribution in [2.45, 2.75) is 6.92 Å². The Morgan fingerprint density at radius 3 is 2.32 bits per heavy atom. The van der Waals surface area contributed by atoms with Crippen LogP contribution in [0.4, 0.5) is 5.69 Å². The monoisotopic (exact) mass is 295 g/mol. The van der Waals surface area contributed by atoms with Gasteiger partial charge >= 0.3 is 5.97 Å². The third kappa shape index (κ3) is 4.06. The molecule has 112 valence electrons. The zero-order valence-electron chi connectivity index (χ0n) is 12.5. The highest BCUT2D eigenvalue weighted by atomic mass is 16.5. The highest BCUT2D eigenvalue weighted by Gasteiger charge is 2.13. The lowest BCUT2D eigenvalue weighted by Gasteiger charge is -2.09. The Kier molecular flexibility index (Phi) is 5.09. The maximum atomic E-state index is 11.8. The molecule has 0 unspecified atom stereocenters. The van der Waals surface area contributed by atoms with Crippen molar-refractivity contribution in [2.75, 3.05) is 12.4 Å². The third-order valence-electron chi connectivity index (χ3n) is 3.03. The van der Waals surface area contributed by atoms with Crippen molar-refractivity contribution in [3.05, 3.63) is 65.2 Å². The van der Waals surface area contributed by atoms with Crippen LogP contribution in [-0.4, -0.2) is 19.0 Å². The first-order valence-corrected chi connectivity index (χ1v) is 6.83. The van der Waals surface area contributed by atoms with E-state index in [1.807, 2.05) is 48.6 Å². The van der Waals surface area contributed by atoms with E-state index in [1.165, 1.54) is 14.0 Å². The molecule has 0 atom stereocenters. The van der Waals surface area contributed by atoms with E-state index in [2.05, 4.69) is 5.32 Å². The summed E-state index contributed by atoms with van der Waals surface area (Å²) in [6.07, 6.45) is 3.85. The minimum Gasteiger partial charge on any atom is -0.465 e. The van der Waals surface area contributed by atoms with Crippen LogP contribution in [0, 0.1) is 0 Å². The molecule has 1 N–H and O–H groups in total. The first-order chi connectivity index (χ1) is 10.6. The summed E-state index contributed by atoms with van der Waals surface area (Å²) in [7, 11) is 1.31. The normalized spacial score (nSPS) is 10.5. The summed E-state index contributed by atoms with van der Waals surface area (Å²) >= 11 is 0. The molecular weight excluding hydrogens is 278 g/mol. The van der Waals surface area contributed by atoms with Gasteiger partial charge in [0.1, 0.15) is 0 Å². The second-order valence-corrected chi connectivity index (χ2v) is 4.72. The number of anilines is 1. The maximum Gasteiger partial charge on any atom is 0.339 e. The summed E-state index contributed by atoms with van der Waals surface area (Å²) in [6.45, 7) is 1.39. The van der Waals surface area contributed by atoms with Crippen LogP contribution in [0.3, 0.4) is 0 Å². The minimum absolute atomic E-state index is 0.238. The van der Waals surface area contributed by atoms with Crippen molar-refractivity contribution in [2.24, 2.45) is 0 Å². The highest BCUT2D eigenvalue weighted by molar-refractivity contribution is 6.01. The molecule has 0 heterocycles. The number of carbonyl (C=O) groups is 2. The summed E-state index contributed by atoms with van der Waals surface area (Å²) in [6, 6.07) is 15.1. The molecule has 2 aromatic carbocycles. The van der Waals surface area contributed by atoms with Crippen LogP contribution < -0.4 is 5.32 Å². The van der Waals surface area contributed by atoms with Crippen LogP contribution in [0.25, 0.3) is 12.2 Å². The standard InChI is InChI=1S/C18H17NO3/c1-13(20)19-17-11-10-15(12-16(17)18(21)22-2)9-8-14-6-4-3-5-7-14/h3-12H,1-2H3,(H,19,20)/b9-8+. The molecule has 0 aliphatic carbocycles. The van der Waals surface area contributed by atoms with Gasteiger partial charge in [-0.2, -0.15) is 0 Å². The fourth-order valence-electron chi connectivity index (χ4n) is 2.00. The van der Waals surface area contributed by atoms with Gasteiger partial charge in [-0.3, -0.25) is 4.79 Å². The third-order valence-corrected chi connectivity index (χ3v) is 3.03. The Balaban J connectivity index is 2.32. The summed E-state index contributed by atoms with van der Waals surface area (Å²) in [5.41, 5.74) is 2.68. The van der Waals surface area contributed by atoms with E-state index in [-0.39, 0.29) is 5.91 Å². The Bertz CT molecular complexity index is 706. The Labute approximate surface area is 129 Å². The summed E-state index contributed by atoms with van der Waals surface area (Å²) < 4.78 is 4.76. The predicted octanol–water partition coefficient (Wildman–Crippen LogP) is 3.60. The number of amides is 1. The topological polar surface area (TPSA) is 55.4 Å². The fraction of sp³-hybridized carbons (Fsp3) is 0.111. The number of hydrogen-bond donors (Lipinski definition) is 1.